The molecule has 8 bridgehead atoms. The molecule has 0 N–H and O–H groups in total. The van der Waals surface area contributed by atoms with Gasteiger partial charge in [-0.25, -0.2) is 0 Å². The molecule has 0 amide bonds. The number of hydrogen-bond donors (Lipinski definition) is 0. The first kappa shape index (κ1) is 41.9. The molecule has 8 fully saturated rings. The number of anilines is 2. The third-order valence-corrected chi connectivity index (χ3v) is 21.8. The zero-order chi connectivity index (χ0) is 49.2. The molecule has 0 radical (unpaired) electrons. The first-order valence-electron chi connectivity index (χ1n) is 29.2. The van der Waals surface area contributed by atoms with Gasteiger partial charge in [0.25, 0.3) is 0 Å². The Kier molecular flexibility index (Phi) is 8.15. The Hall–Kier alpha value is -7.30. The summed E-state index contributed by atoms with van der Waals surface area (Å²) in [5.74, 6) is 5.28. The molecular formula is C72H59BN2O. The summed E-state index contributed by atoms with van der Waals surface area (Å²) in [6.45, 7) is -0.0721. The molecule has 3 nitrogen and oxygen atoms in total. The lowest BCUT2D eigenvalue weighted by molar-refractivity contribution is -0.00526. The second kappa shape index (κ2) is 14.8. The van der Waals surface area contributed by atoms with Gasteiger partial charge >= 0.3 is 6.85 Å². The molecule has 2 aromatic heterocycles. The summed E-state index contributed by atoms with van der Waals surface area (Å²) in [6, 6.07) is 68.6. The molecule has 4 heterocycles. The highest BCUT2D eigenvalue weighted by molar-refractivity contribution is 6.93. The third kappa shape index (κ3) is 5.70. The van der Waals surface area contributed by atoms with Crippen LogP contribution in [0.4, 0.5) is 11.4 Å². The van der Waals surface area contributed by atoms with Crippen molar-refractivity contribution in [1.82, 2.24) is 4.57 Å². The fourth-order valence-electron chi connectivity index (χ4n) is 19.5. The van der Waals surface area contributed by atoms with Crippen LogP contribution in [0.3, 0.4) is 0 Å². The first-order valence-corrected chi connectivity index (χ1v) is 29.2. The third-order valence-electron chi connectivity index (χ3n) is 21.8. The molecule has 0 unspecified atom stereocenters. The molecule has 8 aliphatic carbocycles. The molecular weight excluding hydrogens is 920 g/mol. The smallest absolute Gasteiger partial charge is 0.333 e. The van der Waals surface area contributed by atoms with Crippen LogP contribution in [0.5, 0.6) is 0 Å². The van der Waals surface area contributed by atoms with E-state index in [0.29, 0.717) is 5.41 Å². The van der Waals surface area contributed by atoms with Gasteiger partial charge < -0.3 is 13.8 Å². The second-order valence-corrected chi connectivity index (χ2v) is 26.1. The predicted octanol–water partition coefficient (Wildman–Crippen LogP) is 17.3. The SMILES string of the molecule is c1ccc(-c2ccc(N3B4c5c(cc(-c6ccccc6)cc5-n5c6ccc(C78CC9CC(CC(C9)C7)C8)cc6c6cc(C78CC9CC(CC(C9)C7)C8)cc4c65)-c4cc5oc6cc7ccccc7cc6c5cc43)cc2)cc1. The second-order valence-electron chi connectivity index (χ2n) is 26.1. The Morgan fingerprint density at radius 3 is 1.62 bits per heavy atom. The Balaban J connectivity index is 0.932. The average Bonchev–Trinajstić information content (AvgIpc) is 4.16. The lowest BCUT2D eigenvalue weighted by Crippen LogP contribution is -2.61. The summed E-state index contributed by atoms with van der Waals surface area (Å²) in [5, 5.41) is 7.74. The van der Waals surface area contributed by atoms with E-state index in [4.69, 9.17) is 4.42 Å². The fourth-order valence-corrected chi connectivity index (χ4v) is 19.5. The zero-order valence-corrected chi connectivity index (χ0v) is 43.1. The van der Waals surface area contributed by atoms with Crippen LogP contribution in [0, 0.1) is 35.5 Å². The molecule has 10 aliphatic rings. The standard InChI is InChI=1S/C72H59BN2O/c1-3-9-48(10-4-1)50-15-18-56(19-16-50)75-65-34-60-59-27-51-13-7-8-14-52(51)30-67(59)76-68(60)35-58(65)61-28-53(49-11-5-2-6-12-49)29-66-69(61)73(75)63-33-55(72-39-45-24-46(40-72)26-47(25-45)41-72)32-62-57-31-54(17-20-64(57)74(66)70(62)63)71-36-42-21-43(37-71)23-44(22-42)38-71/h1-20,27-35,42-47H,21-26,36-41H2. The van der Waals surface area contributed by atoms with E-state index >= 15 is 0 Å². The van der Waals surface area contributed by atoms with Gasteiger partial charge in [-0.05, 0) is 251 Å². The van der Waals surface area contributed by atoms with E-state index in [0.717, 1.165) is 46.7 Å². The molecule has 4 heteroatoms. The summed E-state index contributed by atoms with van der Waals surface area (Å²) in [4.78, 5) is 2.78. The van der Waals surface area contributed by atoms with Crippen molar-refractivity contribution in [1.29, 1.82) is 0 Å². The molecule has 0 saturated heterocycles. The van der Waals surface area contributed by atoms with Crippen LogP contribution < -0.4 is 15.7 Å². The van der Waals surface area contributed by atoms with Crippen molar-refractivity contribution in [3.8, 4) is 39.1 Å². The Morgan fingerprint density at radius 2 is 0.961 bits per heavy atom. The fraction of sp³-hybridized carbons (Fsp3) is 0.278. The van der Waals surface area contributed by atoms with Gasteiger partial charge in [-0.1, -0.05) is 109 Å². The Labute approximate surface area is 444 Å². The number of benzene rings is 9. The summed E-state index contributed by atoms with van der Waals surface area (Å²) in [6.07, 6.45) is 16.9. The van der Waals surface area contributed by atoms with Gasteiger partial charge in [0.05, 0.1) is 11.0 Å². The van der Waals surface area contributed by atoms with Gasteiger partial charge in [0.15, 0.2) is 0 Å². The largest absolute Gasteiger partial charge is 0.456 e. The van der Waals surface area contributed by atoms with Crippen molar-refractivity contribution in [2.24, 2.45) is 35.5 Å². The van der Waals surface area contributed by atoms with E-state index in [1.165, 1.54) is 182 Å². The van der Waals surface area contributed by atoms with Crippen molar-refractivity contribution >= 4 is 83.7 Å². The Bertz CT molecular complexity index is 4240. The van der Waals surface area contributed by atoms with Crippen molar-refractivity contribution < 1.29 is 4.42 Å². The first-order chi connectivity index (χ1) is 37.4. The average molecular weight is 979 g/mol. The van der Waals surface area contributed by atoms with Crippen molar-refractivity contribution in [3.63, 3.8) is 0 Å². The lowest BCUT2D eigenvalue weighted by atomic mass is 9.42. The van der Waals surface area contributed by atoms with Crippen LogP contribution in [-0.2, 0) is 10.8 Å². The summed E-state index contributed by atoms with van der Waals surface area (Å²) >= 11 is 0. The number of aromatic nitrogens is 1. The van der Waals surface area contributed by atoms with E-state index in [9.17, 15) is 0 Å². The minimum atomic E-state index is -0.0721. The Morgan fingerprint density at radius 1 is 0.408 bits per heavy atom. The number of hydrogen-bond acceptors (Lipinski definition) is 2. The summed E-state index contributed by atoms with van der Waals surface area (Å²) < 4.78 is 9.78. The highest BCUT2D eigenvalue weighted by Gasteiger charge is 2.54. The molecule has 8 saturated carbocycles. The van der Waals surface area contributed by atoms with Crippen LogP contribution in [0.25, 0.3) is 93.6 Å². The quantitative estimate of drug-likeness (QED) is 0.160. The maximum Gasteiger partial charge on any atom is 0.333 e. The van der Waals surface area contributed by atoms with Crippen LogP contribution in [-0.4, -0.2) is 11.4 Å². The summed E-state index contributed by atoms with van der Waals surface area (Å²) in [7, 11) is 0. The molecule has 366 valence electrons. The topological polar surface area (TPSA) is 21.3 Å². The van der Waals surface area contributed by atoms with E-state index < -0.39 is 0 Å². The number of furan rings is 1. The molecule has 21 rings (SSSR count). The van der Waals surface area contributed by atoms with Gasteiger partial charge in [0.1, 0.15) is 11.2 Å². The molecule has 9 aromatic carbocycles. The maximum atomic E-state index is 7.02. The highest BCUT2D eigenvalue weighted by atomic mass is 16.3. The van der Waals surface area contributed by atoms with Gasteiger partial charge in [0, 0.05) is 44.2 Å². The number of fused-ring (bicyclic) bond motifs is 11. The van der Waals surface area contributed by atoms with Gasteiger partial charge in [0.2, 0.25) is 0 Å². The number of rotatable bonds is 5. The monoisotopic (exact) mass is 978 g/mol. The lowest BCUT2D eigenvalue weighted by Gasteiger charge is -2.57. The maximum absolute atomic E-state index is 7.02. The van der Waals surface area contributed by atoms with Crippen LogP contribution >= 0.6 is 0 Å². The van der Waals surface area contributed by atoms with E-state index in [1.807, 2.05) is 0 Å². The van der Waals surface area contributed by atoms with Crippen molar-refractivity contribution in [3.05, 3.63) is 187 Å². The zero-order valence-electron chi connectivity index (χ0n) is 43.1. The molecule has 2 aliphatic heterocycles. The van der Waals surface area contributed by atoms with Crippen LogP contribution in [0.2, 0.25) is 0 Å². The normalized spacial score (nSPS) is 27.2. The van der Waals surface area contributed by atoms with Crippen molar-refractivity contribution in [2.45, 2.75) is 87.9 Å². The van der Waals surface area contributed by atoms with Gasteiger partial charge in [-0.15, -0.1) is 0 Å². The highest BCUT2D eigenvalue weighted by Crippen LogP contribution is 2.63. The molecule has 0 spiro atoms. The van der Waals surface area contributed by atoms with E-state index in [1.54, 1.807) is 11.1 Å². The van der Waals surface area contributed by atoms with Crippen LogP contribution in [0.15, 0.2) is 180 Å². The van der Waals surface area contributed by atoms with Gasteiger partial charge in [-0.3, -0.25) is 0 Å². The predicted molar refractivity (Wildman–Crippen MR) is 315 cm³/mol. The minimum Gasteiger partial charge on any atom is -0.456 e. The molecule has 0 atom stereocenters. The summed E-state index contributed by atoms with van der Waals surface area (Å²) in [5.41, 5.74) is 22.6. The molecule has 76 heavy (non-hydrogen) atoms. The van der Waals surface area contributed by atoms with Crippen molar-refractivity contribution in [2.75, 3.05) is 4.81 Å². The molecule has 11 aromatic rings. The van der Waals surface area contributed by atoms with Crippen LogP contribution in [0.1, 0.15) is 88.2 Å². The van der Waals surface area contributed by atoms with E-state index in [2.05, 4.69) is 185 Å². The van der Waals surface area contributed by atoms with E-state index in [-0.39, 0.29) is 12.3 Å². The minimum absolute atomic E-state index is 0.0721. The van der Waals surface area contributed by atoms with Gasteiger partial charge in [-0.2, -0.15) is 0 Å². The number of nitrogens with zero attached hydrogens (tertiary/aromatic N) is 2.